The number of aliphatic hydroxyl groups excluding tert-OH is 2. The first-order valence-corrected chi connectivity index (χ1v) is 14.1. The number of phenolic OH excluding ortho intramolecular Hbond substituents is 1. The number of amides is 1. The first-order valence-electron chi connectivity index (χ1n) is 12.5. The molecule has 1 aromatic rings. The highest BCUT2D eigenvalue weighted by Crippen LogP contribution is 2.53. The van der Waals surface area contributed by atoms with Crippen molar-refractivity contribution < 1.29 is 43.2 Å². The molecule has 0 heterocycles. The maximum absolute atomic E-state index is 13.7. The van der Waals surface area contributed by atoms with Gasteiger partial charge in [0.2, 0.25) is 15.8 Å². The molecule has 0 saturated heterocycles. The van der Waals surface area contributed by atoms with Gasteiger partial charge in [0.05, 0.1) is 22.9 Å². The van der Waals surface area contributed by atoms with Gasteiger partial charge in [-0.05, 0) is 44.2 Å². The molecular formula is C27H31N3O9S. The number of primary amides is 1. The van der Waals surface area contributed by atoms with E-state index in [9.17, 15) is 43.2 Å². The van der Waals surface area contributed by atoms with Crippen molar-refractivity contribution in [1.82, 2.24) is 4.72 Å². The summed E-state index contributed by atoms with van der Waals surface area (Å²) in [7, 11) is -0.102. The number of Topliss-reactive ketones (excluding diaryl/α,β-unsaturated/α-hetero) is 2. The SMILES string of the molecule is CC(C)S(=O)(=O)NCC#Cc1cc(N(C)C)c2c(c1O)C(O)=C1C(=O)C3(O)C(O)=C(C(N)=O)C(=O)CC3CC1C2. The fraction of sp³-hybridized carbons (Fsp3) is 0.444. The van der Waals surface area contributed by atoms with E-state index >= 15 is 0 Å². The Bertz CT molecular complexity index is 1580. The number of rotatable bonds is 5. The molecule has 1 amide bonds. The largest absolute Gasteiger partial charge is 0.508 e. The van der Waals surface area contributed by atoms with E-state index < -0.39 is 79.4 Å². The molecule has 1 saturated carbocycles. The Balaban J connectivity index is 1.85. The molecule has 1 aromatic carbocycles. The molecule has 12 nitrogen and oxygen atoms in total. The van der Waals surface area contributed by atoms with Crippen LogP contribution in [0, 0.1) is 23.7 Å². The van der Waals surface area contributed by atoms with Crippen LogP contribution in [0.5, 0.6) is 5.75 Å². The number of nitrogens with two attached hydrogens (primary N) is 1. The number of sulfonamides is 1. The Morgan fingerprint density at radius 2 is 1.88 bits per heavy atom. The van der Waals surface area contributed by atoms with E-state index in [0.717, 1.165) is 0 Å². The van der Waals surface area contributed by atoms with Gasteiger partial charge in [0.1, 0.15) is 22.8 Å². The molecule has 13 heteroatoms. The van der Waals surface area contributed by atoms with Crippen LogP contribution in [0.3, 0.4) is 0 Å². The third-order valence-electron chi connectivity index (χ3n) is 7.73. The van der Waals surface area contributed by atoms with Gasteiger partial charge in [0, 0.05) is 37.7 Å². The summed E-state index contributed by atoms with van der Waals surface area (Å²) < 4.78 is 26.3. The lowest BCUT2D eigenvalue weighted by Crippen LogP contribution is -2.58. The summed E-state index contributed by atoms with van der Waals surface area (Å²) in [6.07, 6.45) is -0.228. The van der Waals surface area contributed by atoms with E-state index in [2.05, 4.69) is 16.6 Å². The molecule has 0 radical (unpaired) electrons. The van der Waals surface area contributed by atoms with Gasteiger partial charge in [0.15, 0.2) is 11.4 Å². The summed E-state index contributed by atoms with van der Waals surface area (Å²) in [6.45, 7) is 2.79. The summed E-state index contributed by atoms with van der Waals surface area (Å²) in [5, 5.41) is 43.9. The fourth-order valence-corrected chi connectivity index (χ4v) is 6.21. The van der Waals surface area contributed by atoms with Crippen molar-refractivity contribution in [1.29, 1.82) is 0 Å². The van der Waals surface area contributed by atoms with E-state index in [0.29, 0.717) is 11.3 Å². The van der Waals surface area contributed by atoms with Crippen molar-refractivity contribution in [2.45, 2.75) is 44.0 Å². The number of carbonyl (C=O) groups is 3. The van der Waals surface area contributed by atoms with Crippen LogP contribution >= 0.6 is 0 Å². The van der Waals surface area contributed by atoms with Crippen LogP contribution < -0.4 is 15.4 Å². The van der Waals surface area contributed by atoms with Crippen molar-refractivity contribution in [3.8, 4) is 17.6 Å². The third kappa shape index (κ3) is 4.42. The number of anilines is 1. The average molecular weight is 574 g/mol. The Labute approximate surface area is 231 Å². The van der Waals surface area contributed by atoms with Gasteiger partial charge in [-0.3, -0.25) is 14.4 Å². The zero-order valence-electron chi connectivity index (χ0n) is 22.4. The number of aromatic hydroxyl groups is 1. The molecule has 40 heavy (non-hydrogen) atoms. The Morgan fingerprint density at radius 1 is 1.23 bits per heavy atom. The molecule has 0 aromatic heterocycles. The highest BCUT2D eigenvalue weighted by Gasteiger charge is 2.60. The summed E-state index contributed by atoms with van der Waals surface area (Å²) in [5.74, 6) is -1.78. The lowest BCUT2D eigenvalue weighted by molar-refractivity contribution is -0.147. The number of hydrogen-bond acceptors (Lipinski definition) is 10. The first kappa shape index (κ1) is 29.1. The normalized spacial score (nSPS) is 24.2. The molecule has 3 aliphatic rings. The number of ketones is 2. The highest BCUT2D eigenvalue weighted by molar-refractivity contribution is 7.90. The van der Waals surface area contributed by atoms with Gasteiger partial charge in [0.25, 0.3) is 5.91 Å². The number of aliphatic hydroxyl groups is 3. The van der Waals surface area contributed by atoms with Crippen LogP contribution in [0.15, 0.2) is 23.0 Å². The van der Waals surface area contributed by atoms with E-state index in [-0.39, 0.29) is 36.1 Å². The van der Waals surface area contributed by atoms with Gasteiger partial charge in [-0.15, -0.1) is 0 Å². The molecule has 3 unspecified atom stereocenters. The second-order valence-corrected chi connectivity index (χ2v) is 13.0. The van der Waals surface area contributed by atoms with E-state index in [1.165, 1.54) is 13.8 Å². The Morgan fingerprint density at radius 3 is 2.45 bits per heavy atom. The summed E-state index contributed by atoms with van der Waals surface area (Å²) >= 11 is 0. The molecule has 7 N–H and O–H groups in total. The predicted molar refractivity (Wildman–Crippen MR) is 145 cm³/mol. The molecule has 1 fully saturated rings. The van der Waals surface area contributed by atoms with Gasteiger partial charge in [-0.25, -0.2) is 13.1 Å². The number of nitrogens with zero attached hydrogens (tertiary/aromatic N) is 1. The molecule has 3 atom stereocenters. The van der Waals surface area contributed by atoms with Crippen LogP contribution in [0.4, 0.5) is 5.69 Å². The van der Waals surface area contributed by atoms with Crippen molar-refractivity contribution >= 4 is 38.9 Å². The van der Waals surface area contributed by atoms with Gasteiger partial charge < -0.3 is 31.1 Å². The van der Waals surface area contributed by atoms with Crippen molar-refractivity contribution in [3.05, 3.63) is 39.7 Å². The third-order valence-corrected chi connectivity index (χ3v) is 9.52. The minimum Gasteiger partial charge on any atom is -0.508 e. The minimum atomic E-state index is -3.57. The summed E-state index contributed by atoms with van der Waals surface area (Å²) in [6, 6.07) is 1.58. The molecular weight excluding hydrogens is 542 g/mol. The van der Waals surface area contributed by atoms with E-state index in [4.69, 9.17) is 5.73 Å². The zero-order valence-corrected chi connectivity index (χ0v) is 23.2. The van der Waals surface area contributed by atoms with Crippen LogP contribution in [-0.2, 0) is 30.8 Å². The standard InChI is InChI=1S/C27H31N3O9S/c1-12(2)40(38,39)29-7-5-6-13-10-17(30(3)4)16-9-14-8-15-11-18(31)21(26(28)36)25(35)27(15,37)24(34)19(14)23(33)20(16)22(13)32/h10,12,14-15,29,32-33,35,37H,7-9,11H2,1-4H3,(H2,28,36). The fourth-order valence-electron chi connectivity index (χ4n) is 5.61. The number of nitrogens with one attached hydrogen (secondary N) is 1. The molecule has 0 aliphatic heterocycles. The van der Waals surface area contributed by atoms with Crippen molar-refractivity contribution in [3.63, 3.8) is 0 Å². The maximum Gasteiger partial charge on any atom is 0.255 e. The molecule has 0 spiro atoms. The number of fused-ring (bicyclic) bond motifs is 3. The highest BCUT2D eigenvalue weighted by atomic mass is 32.2. The summed E-state index contributed by atoms with van der Waals surface area (Å²) in [5.41, 5.74) is 2.48. The topological polar surface area (TPSA) is 208 Å². The smallest absolute Gasteiger partial charge is 0.255 e. The van der Waals surface area contributed by atoms with Crippen molar-refractivity contribution in [2.24, 2.45) is 17.6 Å². The lowest BCUT2D eigenvalue weighted by atomic mass is 9.59. The lowest BCUT2D eigenvalue weighted by Gasteiger charge is -2.46. The second kappa shape index (κ2) is 9.96. The zero-order chi connectivity index (χ0) is 29.9. The molecule has 214 valence electrons. The van der Waals surface area contributed by atoms with E-state index in [1.807, 2.05) is 0 Å². The second-order valence-electron chi connectivity index (χ2n) is 10.7. The van der Waals surface area contributed by atoms with Crippen molar-refractivity contribution in [2.75, 3.05) is 25.5 Å². The molecule has 0 bridgehead atoms. The minimum absolute atomic E-state index is 0.0219. The van der Waals surface area contributed by atoms with Gasteiger partial charge >= 0.3 is 0 Å². The Hall–Kier alpha value is -3.86. The molecule has 4 rings (SSSR count). The number of carbonyl (C=O) groups excluding carboxylic acids is 3. The van der Waals surface area contributed by atoms with Gasteiger partial charge in [-0.1, -0.05) is 11.8 Å². The monoisotopic (exact) mass is 573 g/mol. The maximum atomic E-state index is 13.7. The predicted octanol–water partition coefficient (Wildman–Crippen LogP) is 0.169. The van der Waals surface area contributed by atoms with Gasteiger partial charge in [-0.2, -0.15) is 0 Å². The molecule has 3 aliphatic carbocycles. The Kier molecular flexibility index (Phi) is 7.25. The number of phenols is 1. The van der Waals surface area contributed by atoms with Crippen LogP contribution in [0.2, 0.25) is 0 Å². The van der Waals surface area contributed by atoms with Crippen LogP contribution in [-0.4, -0.2) is 77.8 Å². The first-order chi connectivity index (χ1) is 18.5. The average Bonchev–Trinajstić information content (AvgIpc) is 2.84. The number of benzene rings is 1. The van der Waals surface area contributed by atoms with E-state index in [1.54, 1.807) is 25.1 Å². The number of hydrogen-bond donors (Lipinski definition) is 6. The van der Waals surface area contributed by atoms with Crippen LogP contribution in [0.25, 0.3) is 5.76 Å². The summed E-state index contributed by atoms with van der Waals surface area (Å²) in [4.78, 5) is 39.7. The van der Waals surface area contributed by atoms with Crippen LogP contribution in [0.1, 0.15) is 43.4 Å². The quantitative estimate of drug-likeness (QED) is 0.208.